The zero-order valence-corrected chi connectivity index (χ0v) is 20.2. The largest absolute Gasteiger partial charge is 0.475 e. The topological polar surface area (TPSA) is 106 Å². The van der Waals surface area contributed by atoms with E-state index in [1.165, 1.54) is 6.07 Å². The van der Waals surface area contributed by atoms with Crippen LogP contribution in [0.1, 0.15) is 38.7 Å². The predicted octanol–water partition coefficient (Wildman–Crippen LogP) is 4.37. The molecule has 8 nitrogen and oxygen atoms in total. The number of hydrogen-bond donors (Lipinski definition) is 2. The number of ether oxygens (including phenoxy) is 2. The molecule has 2 N–H and O–H groups in total. The van der Waals surface area contributed by atoms with Gasteiger partial charge in [0, 0.05) is 49.0 Å². The highest BCUT2D eigenvalue weighted by molar-refractivity contribution is 6.33. The minimum Gasteiger partial charge on any atom is -0.475 e. The molecule has 2 aromatic heterocycles. The molecule has 0 unspecified atom stereocenters. The van der Waals surface area contributed by atoms with E-state index in [-0.39, 0.29) is 11.5 Å². The Bertz CT molecular complexity index is 1150. The van der Waals surface area contributed by atoms with Gasteiger partial charge in [-0.25, -0.2) is 9.97 Å². The number of hydrogen-bond acceptors (Lipinski definition) is 6. The summed E-state index contributed by atoms with van der Waals surface area (Å²) < 4.78 is 11.0. The molecule has 1 amide bonds. The van der Waals surface area contributed by atoms with Crippen LogP contribution in [0.15, 0.2) is 47.4 Å². The molecule has 1 aromatic carbocycles. The monoisotopic (exact) mass is 484 g/mol. The Kier molecular flexibility index (Phi) is 9.61. The Labute approximate surface area is 203 Å². The normalized spacial score (nSPS) is 10.8. The Balaban J connectivity index is 1.77. The number of carbonyl (C=O) groups excluding carboxylic acids is 1. The van der Waals surface area contributed by atoms with Gasteiger partial charge in [-0.15, -0.1) is 0 Å². The number of aromatic nitrogens is 3. The molecule has 0 saturated carbocycles. The lowest BCUT2D eigenvalue weighted by Gasteiger charge is -2.10. The number of nitrogens with one attached hydrogen (secondary N) is 2. The van der Waals surface area contributed by atoms with Crippen LogP contribution in [-0.4, -0.2) is 40.7 Å². The van der Waals surface area contributed by atoms with Gasteiger partial charge < -0.3 is 19.8 Å². The summed E-state index contributed by atoms with van der Waals surface area (Å²) in [6.07, 6.45) is 3.82. The SMILES string of the molecule is CCCOCCOc1ccc(-c2cc(=O)[nH]c(-c3cc(CNC(=O)CCC)ccc3Cl)n2)cn1. The number of benzene rings is 1. The highest BCUT2D eigenvalue weighted by Crippen LogP contribution is 2.27. The van der Waals surface area contributed by atoms with Gasteiger partial charge in [0.05, 0.1) is 17.3 Å². The summed E-state index contributed by atoms with van der Waals surface area (Å²) in [5, 5.41) is 3.31. The zero-order valence-electron chi connectivity index (χ0n) is 19.4. The van der Waals surface area contributed by atoms with Crippen LogP contribution in [0.25, 0.3) is 22.6 Å². The maximum atomic E-state index is 12.4. The van der Waals surface area contributed by atoms with Crippen molar-refractivity contribution in [2.45, 2.75) is 39.7 Å². The summed E-state index contributed by atoms with van der Waals surface area (Å²) in [7, 11) is 0. The highest BCUT2D eigenvalue weighted by Gasteiger charge is 2.12. The molecular formula is C25H29ClN4O4. The van der Waals surface area contributed by atoms with Crippen LogP contribution >= 0.6 is 11.6 Å². The number of nitrogens with zero attached hydrogens (tertiary/aromatic N) is 2. The van der Waals surface area contributed by atoms with Crippen LogP contribution in [0.2, 0.25) is 5.02 Å². The van der Waals surface area contributed by atoms with Gasteiger partial charge in [-0.05, 0) is 36.6 Å². The van der Waals surface area contributed by atoms with E-state index >= 15 is 0 Å². The molecule has 0 radical (unpaired) electrons. The second-order valence-electron chi connectivity index (χ2n) is 7.67. The Morgan fingerprint density at radius 2 is 1.94 bits per heavy atom. The van der Waals surface area contributed by atoms with Crippen molar-refractivity contribution in [2.75, 3.05) is 19.8 Å². The standard InChI is InChI=1S/C25H29ClN4O4/c1-3-5-22(31)27-15-17-6-8-20(26)19(13-17)25-29-21(14-23(32)30-25)18-7-9-24(28-16-18)34-12-11-33-10-4-2/h6-9,13-14,16H,3-5,10-12,15H2,1-2H3,(H,27,31)(H,29,30,32). The number of amides is 1. The molecule has 3 aromatic rings. The second-order valence-corrected chi connectivity index (χ2v) is 8.07. The van der Waals surface area contributed by atoms with Gasteiger partial charge in [-0.1, -0.05) is 31.5 Å². The van der Waals surface area contributed by atoms with Crippen molar-refractivity contribution in [1.82, 2.24) is 20.3 Å². The fourth-order valence-electron chi connectivity index (χ4n) is 3.18. The number of carbonyl (C=O) groups is 1. The van der Waals surface area contributed by atoms with Crippen molar-refractivity contribution in [2.24, 2.45) is 0 Å². The van der Waals surface area contributed by atoms with Crippen LogP contribution in [0, 0.1) is 0 Å². The summed E-state index contributed by atoms with van der Waals surface area (Å²) in [4.78, 5) is 35.8. The van der Waals surface area contributed by atoms with Crippen LogP contribution < -0.4 is 15.6 Å². The summed E-state index contributed by atoms with van der Waals surface area (Å²) in [5.74, 6) is 0.790. The molecule has 2 heterocycles. The predicted molar refractivity (Wildman–Crippen MR) is 132 cm³/mol. The lowest BCUT2D eigenvalue weighted by molar-refractivity contribution is -0.121. The van der Waals surface area contributed by atoms with E-state index in [1.54, 1.807) is 24.4 Å². The quantitative estimate of drug-likeness (QED) is 0.370. The number of H-pyrrole nitrogens is 1. The van der Waals surface area contributed by atoms with Crippen LogP contribution in [-0.2, 0) is 16.1 Å². The van der Waals surface area contributed by atoms with Crippen molar-refractivity contribution < 1.29 is 14.3 Å². The van der Waals surface area contributed by atoms with Gasteiger partial charge in [-0.2, -0.15) is 0 Å². The number of pyridine rings is 1. The first kappa shape index (κ1) is 25.4. The number of halogens is 1. The maximum absolute atomic E-state index is 12.4. The van der Waals surface area contributed by atoms with Crippen molar-refractivity contribution in [3.63, 3.8) is 0 Å². The average Bonchev–Trinajstić information content (AvgIpc) is 2.83. The number of aromatic amines is 1. The summed E-state index contributed by atoms with van der Waals surface area (Å²) in [5.41, 5.74) is 2.24. The Hall–Kier alpha value is -3.23. The summed E-state index contributed by atoms with van der Waals surface area (Å²) in [6, 6.07) is 10.3. The van der Waals surface area contributed by atoms with Crippen molar-refractivity contribution >= 4 is 17.5 Å². The maximum Gasteiger partial charge on any atom is 0.251 e. The Morgan fingerprint density at radius 3 is 2.68 bits per heavy atom. The van der Waals surface area contributed by atoms with Crippen LogP contribution in [0.4, 0.5) is 0 Å². The minimum atomic E-state index is -0.314. The minimum absolute atomic E-state index is 0.0130. The molecule has 9 heteroatoms. The fraction of sp³-hybridized carbons (Fsp3) is 0.360. The molecule has 3 rings (SSSR count). The number of rotatable bonds is 12. The summed E-state index contributed by atoms with van der Waals surface area (Å²) in [6.45, 7) is 5.98. The van der Waals surface area contributed by atoms with Gasteiger partial charge in [0.15, 0.2) is 0 Å². The molecular weight excluding hydrogens is 456 g/mol. The second kappa shape index (κ2) is 12.9. The molecule has 0 aliphatic rings. The molecule has 0 atom stereocenters. The van der Waals surface area contributed by atoms with Crippen molar-refractivity contribution in [3.05, 3.63) is 63.5 Å². The molecule has 0 aliphatic carbocycles. The third-order valence-electron chi connectivity index (χ3n) is 4.85. The van der Waals surface area contributed by atoms with Gasteiger partial charge in [0.1, 0.15) is 12.4 Å². The first-order chi connectivity index (χ1) is 16.5. The molecule has 34 heavy (non-hydrogen) atoms. The van der Waals surface area contributed by atoms with E-state index < -0.39 is 0 Å². The van der Waals surface area contributed by atoms with Gasteiger partial charge in [0.2, 0.25) is 11.8 Å². The van der Waals surface area contributed by atoms with E-state index in [9.17, 15) is 9.59 Å². The van der Waals surface area contributed by atoms with Crippen LogP contribution in [0.5, 0.6) is 5.88 Å². The lowest BCUT2D eigenvalue weighted by atomic mass is 10.1. The molecule has 0 saturated heterocycles. The zero-order chi connectivity index (χ0) is 24.3. The van der Waals surface area contributed by atoms with E-state index in [1.807, 2.05) is 26.0 Å². The first-order valence-electron chi connectivity index (χ1n) is 11.3. The van der Waals surface area contributed by atoms with Crippen molar-refractivity contribution in [3.8, 4) is 28.5 Å². The van der Waals surface area contributed by atoms with Gasteiger partial charge in [0.25, 0.3) is 5.56 Å². The first-order valence-corrected chi connectivity index (χ1v) is 11.7. The highest BCUT2D eigenvalue weighted by atomic mass is 35.5. The third-order valence-corrected chi connectivity index (χ3v) is 5.18. The smallest absolute Gasteiger partial charge is 0.251 e. The van der Waals surface area contributed by atoms with E-state index in [2.05, 4.69) is 20.3 Å². The summed E-state index contributed by atoms with van der Waals surface area (Å²) >= 11 is 6.41. The molecule has 0 spiro atoms. The van der Waals surface area contributed by atoms with E-state index in [0.717, 1.165) is 18.4 Å². The van der Waals surface area contributed by atoms with E-state index in [0.29, 0.717) is 66.3 Å². The van der Waals surface area contributed by atoms with Crippen LogP contribution in [0.3, 0.4) is 0 Å². The molecule has 0 bridgehead atoms. The van der Waals surface area contributed by atoms with E-state index in [4.69, 9.17) is 21.1 Å². The molecule has 180 valence electrons. The van der Waals surface area contributed by atoms with Gasteiger partial charge >= 0.3 is 0 Å². The third kappa shape index (κ3) is 7.40. The molecule has 0 aliphatic heterocycles. The van der Waals surface area contributed by atoms with Gasteiger partial charge in [-0.3, -0.25) is 9.59 Å². The Morgan fingerprint density at radius 1 is 1.09 bits per heavy atom. The van der Waals surface area contributed by atoms with Crippen molar-refractivity contribution in [1.29, 1.82) is 0 Å². The fourth-order valence-corrected chi connectivity index (χ4v) is 3.39. The molecule has 0 fully saturated rings. The average molecular weight is 485 g/mol. The lowest BCUT2D eigenvalue weighted by Crippen LogP contribution is -2.22.